The molecule has 7 nitrogen and oxygen atoms in total. The Balaban J connectivity index is 2.17. The minimum absolute atomic E-state index is 0.0938. The molecule has 2 rings (SSSR count). The number of carbonyl (C=O) groups is 2. The first-order valence-corrected chi connectivity index (χ1v) is 5.12. The van der Waals surface area contributed by atoms with Crippen molar-refractivity contribution in [3.05, 3.63) is 35.9 Å². The maximum Gasteiger partial charge on any atom is 0.352 e. The number of nitrogens with zero attached hydrogens (tertiary/aromatic N) is 1. The normalized spacial score (nSPS) is 10.3. The molecule has 0 bridgehead atoms. The summed E-state index contributed by atoms with van der Waals surface area (Å²) in [6, 6.07) is 2.88. The van der Waals surface area contributed by atoms with Crippen LogP contribution in [0.15, 0.2) is 24.5 Å². The minimum Gasteiger partial charge on any atom is -0.477 e. The van der Waals surface area contributed by atoms with Crippen LogP contribution in [0, 0.1) is 0 Å². The van der Waals surface area contributed by atoms with Gasteiger partial charge in [0, 0.05) is 25.1 Å². The van der Waals surface area contributed by atoms with E-state index in [2.05, 4.69) is 10.3 Å². The van der Waals surface area contributed by atoms with Gasteiger partial charge in [0.25, 0.3) is 5.91 Å². The molecule has 2 aromatic heterocycles. The summed E-state index contributed by atoms with van der Waals surface area (Å²) in [5, 5.41) is 11.5. The van der Waals surface area contributed by atoms with Gasteiger partial charge in [0.2, 0.25) is 0 Å². The molecular weight excluding hydrogens is 236 g/mol. The summed E-state index contributed by atoms with van der Waals surface area (Å²) in [6.07, 6.45) is 3.02. The molecule has 0 radical (unpaired) electrons. The Labute approximate surface area is 102 Å². The molecule has 0 saturated heterocycles. The second-order valence-corrected chi connectivity index (χ2v) is 3.83. The summed E-state index contributed by atoms with van der Waals surface area (Å²) in [7, 11) is 1.59. The van der Waals surface area contributed by atoms with Crippen LogP contribution in [-0.4, -0.2) is 26.5 Å². The molecule has 5 N–H and O–H groups in total. The van der Waals surface area contributed by atoms with Gasteiger partial charge in [0.1, 0.15) is 11.4 Å². The van der Waals surface area contributed by atoms with Crippen LogP contribution >= 0.6 is 0 Å². The minimum atomic E-state index is -1.05. The van der Waals surface area contributed by atoms with Crippen molar-refractivity contribution in [1.82, 2.24) is 9.55 Å². The molecule has 2 heterocycles. The summed E-state index contributed by atoms with van der Waals surface area (Å²) in [5.74, 6) is -1.43. The van der Waals surface area contributed by atoms with E-state index in [1.165, 1.54) is 29.1 Å². The smallest absolute Gasteiger partial charge is 0.352 e. The number of aromatic carboxylic acids is 1. The Bertz CT molecular complexity index is 612. The molecule has 0 spiro atoms. The quantitative estimate of drug-likeness (QED) is 0.645. The molecule has 0 saturated carbocycles. The lowest BCUT2D eigenvalue weighted by molar-refractivity contribution is 0.0686. The molecule has 0 atom stereocenters. The van der Waals surface area contributed by atoms with Gasteiger partial charge in [-0.1, -0.05) is 0 Å². The van der Waals surface area contributed by atoms with Crippen LogP contribution < -0.4 is 11.1 Å². The van der Waals surface area contributed by atoms with Crippen molar-refractivity contribution >= 4 is 23.3 Å². The highest BCUT2D eigenvalue weighted by Gasteiger charge is 2.13. The predicted molar refractivity (Wildman–Crippen MR) is 65.5 cm³/mol. The number of H-pyrrole nitrogens is 1. The van der Waals surface area contributed by atoms with E-state index in [0.29, 0.717) is 17.1 Å². The summed E-state index contributed by atoms with van der Waals surface area (Å²) < 4.78 is 1.42. The Morgan fingerprint density at radius 3 is 2.67 bits per heavy atom. The molecule has 0 aromatic carbocycles. The molecule has 18 heavy (non-hydrogen) atoms. The molecule has 0 unspecified atom stereocenters. The van der Waals surface area contributed by atoms with E-state index in [-0.39, 0.29) is 11.6 Å². The molecule has 0 aliphatic carbocycles. The lowest BCUT2D eigenvalue weighted by Gasteiger charge is -1.99. The van der Waals surface area contributed by atoms with Crippen molar-refractivity contribution in [2.24, 2.45) is 7.05 Å². The summed E-state index contributed by atoms with van der Waals surface area (Å²) in [5.41, 5.74) is 6.76. The van der Waals surface area contributed by atoms with Crippen LogP contribution in [0.3, 0.4) is 0 Å². The summed E-state index contributed by atoms with van der Waals surface area (Å²) in [4.78, 5) is 25.3. The van der Waals surface area contributed by atoms with E-state index < -0.39 is 5.97 Å². The monoisotopic (exact) mass is 248 g/mol. The number of nitrogens with two attached hydrogens (primary N) is 1. The maximum atomic E-state index is 11.8. The fourth-order valence-electron chi connectivity index (χ4n) is 1.59. The van der Waals surface area contributed by atoms with Crippen molar-refractivity contribution in [3.8, 4) is 0 Å². The van der Waals surface area contributed by atoms with E-state index in [1.54, 1.807) is 7.05 Å². The largest absolute Gasteiger partial charge is 0.477 e. The van der Waals surface area contributed by atoms with E-state index in [4.69, 9.17) is 10.8 Å². The number of aromatic nitrogens is 2. The van der Waals surface area contributed by atoms with Gasteiger partial charge >= 0.3 is 5.97 Å². The summed E-state index contributed by atoms with van der Waals surface area (Å²) >= 11 is 0. The first kappa shape index (κ1) is 11.8. The van der Waals surface area contributed by atoms with E-state index in [0.717, 1.165) is 0 Å². The van der Waals surface area contributed by atoms with Crippen LogP contribution in [0.5, 0.6) is 0 Å². The molecule has 0 fully saturated rings. The first-order valence-electron chi connectivity index (χ1n) is 5.12. The number of rotatable bonds is 3. The zero-order valence-corrected chi connectivity index (χ0v) is 9.60. The van der Waals surface area contributed by atoms with Gasteiger partial charge in [0.15, 0.2) is 0 Å². The van der Waals surface area contributed by atoms with Crippen LogP contribution in [0.1, 0.15) is 21.0 Å². The molecule has 0 aliphatic rings. The lowest BCUT2D eigenvalue weighted by Crippen LogP contribution is -2.11. The number of hydrogen-bond donors (Lipinski definition) is 4. The Morgan fingerprint density at radius 2 is 2.17 bits per heavy atom. The average Bonchev–Trinajstić information content (AvgIpc) is 2.85. The Hall–Kier alpha value is -2.70. The van der Waals surface area contributed by atoms with Crippen molar-refractivity contribution in [3.63, 3.8) is 0 Å². The standard InChI is InChI=1S/C11H12N4O3/c1-15-5-7(3-9(15)11(17)18)14-10(16)8-2-6(12)4-13-8/h2-5,13H,12H2,1H3,(H,14,16)(H,17,18). The van der Waals surface area contributed by atoms with Crippen LogP contribution in [-0.2, 0) is 7.05 Å². The van der Waals surface area contributed by atoms with Gasteiger partial charge in [-0.25, -0.2) is 4.79 Å². The van der Waals surface area contributed by atoms with E-state index in [1.807, 2.05) is 0 Å². The van der Waals surface area contributed by atoms with Crippen molar-refractivity contribution in [1.29, 1.82) is 0 Å². The highest BCUT2D eigenvalue weighted by atomic mass is 16.4. The fourth-order valence-corrected chi connectivity index (χ4v) is 1.59. The number of aromatic amines is 1. The van der Waals surface area contributed by atoms with Gasteiger partial charge in [-0.3, -0.25) is 4.79 Å². The van der Waals surface area contributed by atoms with Gasteiger partial charge in [-0.15, -0.1) is 0 Å². The molecular formula is C11H12N4O3. The maximum absolute atomic E-state index is 11.8. The second-order valence-electron chi connectivity index (χ2n) is 3.83. The highest BCUT2D eigenvalue weighted by Crippen LogP contribution is 2.14. The molecule has 2 aromatic rings. The highest BCUT2D eigenvalue weighted by molar-refractivity contribution is 6.04. The van der Waals surface area contributed by atoms with Crippen molar-refractivity contribution < 1.29 is 14.7 Å². The van der Waals surface area contributed by atoms with E-state index >= 15 is 0 Å². The van der Waals surface area contributed by atoms with Crippen LogP contribution in [0.4, 0.5) is 11.4 Å². The van der Waals surface area contributed by atoms with Crippen LogP contribution in [0.2, 0.25) is 0 Å². The zero-order valence-electron chi connectivity index (χ0n) is 9.60. The van der Waals surface area contributed by atoms with Crippen molar-refractivity contribution in [2.75, 3.05) is 11.1 Å². The zero-order chi connectivity index (χ0) is 13.3. The predicted octanol–water partition coefficient (Wildman–Crippen LogP) is 0.886. The van der Waals surface area contributed by atoms with E-state index in [9.17, 15) is 9.59 Å². The number of hydrogen-bond acceptors (Lipinski definition) is 3. The third-order valence-electron chi connectivity index (χ3n) is 2.43. The summed E-state index contributed by atoms with van der Waals surface area (Å²) in [6.45, 7) is 0. The average molecular weight is 248 g/mol. The first-order chi connectivity index (χ1) is 8.47. The number of anilines is 2. The van der Waals surface area contributed by atoms with Crippen LogP contribution in [0.25, 0.3) is 0 Å². The fraction of sp³-hybridized carbons (Fsp3) is 0.0909. The number of aryl methyl sites for hydroxylation is 1. The van der Waals surface area contributed by atoms with Gasteiger partial charge in [-0.2, -0.15) is 0 Å². The molecule has 7 heteroatoms. The molecule has 1 amide bonds. The number of amides is 1. The molecule has 0 aliphatic heterocycles. The van der Waals surface area contributed by atoms with Gasteiger partial charge in [-0.05, 0) is 12.1 Å². The van der Waals surface area contributed by atoms with Gasteiger partial charge < -0.3 is 25.7 Å². The lowest BCUT2D eigenvalue weighted by atomic mass is 10.3. The van der Waals surface area contributed by atoms with Crippen molar-refractivity contribution in [2.45, 2.75) is 0 Å². The number of carboxylic acids is 1. The number of carboxylic acid groups (broad SMARTS) is 1. The SMILES string of the molecule is Cn1cc(NC(=O)c2cc(N)c[nH]2)cc1C(=O)O. The Morgan fingerprint density at radius 1 is 1.44 bits per heavy atom. The molecule has 94 valence electrons. The topological polar surface area (TPSA) is 113 Å². The number of carbonyl (C=O) groups excluding carboxylic acids is 1. The third-order valence-corrected chi connectivity index (χ3v) is 2.43. The second kappa shape index (κ2) is 4.28. The number of nitrogen functional groups attached to an aromatic ring is 1. The Kier molecular flexibility index (Phi) is 2.80. The number of nitrogens with one attached hydrogen (secondary N) is 2. The third kappa shape index (κ3) is 2.19. The van der Waals surface area contributed by atoms with Gasteiger partial charge in [0.05, 0.1) is 5.69 Å².